The number of amides is 1. The Labute approximate surface area is 112 Å². The van der Waals surface area contributed by atoms with Crippen molar-refractivity contribution in [3.05, 3.63) is 35.7 Å². The number of rotatable bonds is 6. The molecule has 1 rings (SSSR count). The zero-order valence-corrected chi connectivity index (χ0v) is 11.3. The highest BCUT2D eigenvalue weighted by atomic mass is 19.1. The number of hydrogen-bond acceptors (Lipinski definition) is 3. The molecule has 5 heteroatoms. The number of hydrogen-bond donors (Lipinski definition) is 1. The van der Waals surface area contributed by atoms with Crippen molar-refractivity contribution in [3.8, 4) is 5.75 Å². The summed E-state index contributed by atoms with van der Waals surface area (Å²) in [5.74, 6) is -0.533. The molecule has 1 aromatic rings. The van der Waals surface area contributed by atoms with Crippen molar-refractivity contribution < 1.29 is 18.7 Å². The Hall–Kier alpha value is -1.88. The highest BCUT2D eigenvalue weighted by Crippen LogP contribution is 2.18. The van der Waals surface area contributed by atoms with E-state index in [0.29, 0.717) is 12.2 Å². The second kappa shape index (κ2) is 7.53. The SMILES string of the molecule is COCC(C)NC(=O)/C=C/c1ccc(OC)c(F)c1. The number of carbonyl (C=O) groups excluding carboxylic acids is 1. The summed E-state index contributed by atoms with van der Waals surface area (Å²) in [6, 6.07) is 4.42. The van der Waals surface area contributed by atoms with Gasteiger partial charge in [-0.15, -0.1) is 0 Å². The fourth-order valence-corrected chi connectivity index (χ4v) is 1.54. The third-order valence-electron chi connectivity index (χ3n) is 2.41. The summed E-state index contributed by atoms with van der Waals surface area (Å²) in [6.45, 7) is 2.28. The summed E-state index contributed by atoms with van der Waals surface area (Å²) in [6.07, 6.45) is 2.89. The third-order valence-corrected chi connectivity index (χ3v) is 2.41. The minimum atomic E-state index is -0.460. The predicted molar refractivity (Wildman–Crippen MR) is 71.5 cm³/mol. The Morgan fingerprint density at radius 3 is 2.79 bits per heavy atom. The average molecular weight is 267 g/mol. The molecule has 0 heterocycles. The van der Waals surface area contributed by atoms with E-state index in [1.54, 1.807) is 13.2 Å². The van der Waals surface area contributed by atoms with Crippen LogP contribution in [0.3, 0.4) is 0 Å². The van der Waals surface area contributed by atoms with Gasteiger partial charge < -0.3 is 14.8 Å². The predicted octanol–water partition coefficient (Wildman–Crippen LogP) is 2.00. The molecule has 0 saturated carbocycles. The summed E-state index contributed by atoms with van der Waals surface area (Å²) >= 11 is 0. The fourth-order valence-electron chi connectivity index (χ4n) is 1.54. The van der Waals surface area contributed by atoms with Crippen LogP contribution in [0.2, 0.25) is 0 Å². The normalized spacial score (nSPS) is 12.4. The van der Waals surface area contributed by atoms with Crippen LogP contribution in [0.1, 0.15) is 12.5 Å². The van der Waals surface area contributed by atoms with Gasteiger partial charge in [-0.3, -0.25) is 4.79 Å². The second-order valence-electron chi connectivity index (χ2n) is 4.09. The van der Waals surface area contributed by atoms with Crippen LogP contribution < -0.4 is 10.1 Å². The summed E-state index contributed by atoms with van der Waals surface area (Å²) in [5.41, 5.74) is 0.591. The maximum Gasteiger partial charge on any atom is 0.244 e. The fraction of sp³-hybridized carbons (Fsp3) is 0.357. The molecule has 19 heavy (non-hydrogen) atoms. The molecule has 1 N–H and O–H groups in total. The Bertz CT molecular complexity index is 460. The third kappa shape index (κ3) is 5.09. The van der Waals surface area contributed by atoms with Gasteiger partial charge in [0, 0.05) is 19.2 Å². The number of nitrogens with one attached hydrogen (secondary N) is 1. The lowest BCUT2D eigenvalue weighted by molar-refractivity contribution is -0.117. The van der Waals surface area contributed by atoms with Gasteiger partial charge in [0.1, 0.15) is 0 Å². The summed E-state index contributed by atoms with van der Waals surface area (Å²) in [7, 11) is 2.97. The number of methoxy groups -OCH3 is 2. The van der Waals surface area contributed by atoms with Gasteiger partial charge >= 0.3 is 0 Å². The Balaban J connectivity index is 2.61. The number of benzene rings is 1. The van der Waals surface area contributed by atoms with E-state index in [4.69, 9.17) is 9.47 Å². The van der Waals surface area contributed by atoms with Crippen LogP contribution in [-0.2, 0) is 9.53 Å². The highest BCUT2D eigenvalue weighted by Gasteiger charge is 2.04. The van der Waals surface area contributed by atoms with Gasteiger partial charge in [-0.25, -0.2) is 4.39 Å². The minimum absolute atomic E-state index is 0.0743. The van der Waals surface area contributed by atoms with E-state index in [1.807, 2.05) is 6.92 Å². The molecule has 0 spiro atoms. The zero-order chi connectivity index (χ0) is 14.3. The monoisotopic (exact) mass is 267 g/mol. The van der Waals surface area contributed by atoms with Crippen LogP contribution >= 0.6 is 0 Å². The summed E-state index contributed by atoms with van der Waals surface area (Å²) in [5, 5.41) is 2.72. The van der Waals surface area contributed by atoms with Gasteiger partial charge in [-0.05, 0) is 30.7 Å². The summed E-state index contributed by atoms with van der Waals surface area (Å²) < 4.78 is 23.1. The van der Waals surface area contributed by atoms with Crippen molar-refractivity contribution in [2.24, 2.45) is 0 Å². The molecular weight excluding hydrogens is 249 g/mol. The molecule has 104 valence electrons. The first-order valence-corrected chi connectivity index (χ1v) is 5.88. The number of carbonyl (C=O) groups is 1. The van der Waals surface area contributed by atoms with E-state index < -0.39 is 5.82 Å². The smallest absolute Gasteiger partial charge is 0.244 e. The first-order valence-electron chi connectivity index (χ1n) is 5.88. The Morgan fingerprint density at radius 1 is 1.47 bits per heavy atom. The number of halogens is 1. The molecule has 0 aromatic heterocycles. The van der Waals surface area contributed by atoms with Crippen LogP contribution in [0.4, 0.5) is 4.39 Å². The van der Waals surface area contributed by atoms with Crippen LogP contribution in [0, 0.1) is 5.82 Å². The molecule has 0 bridgehead atoms. The highest BCUT2D eigenvalue weighted by molar-refractivity contribution is 5.91. The lowest BCUT2D eigenvalue weighted by Crippen LogP contribution is -2.34. The quantitative estimate of drug-likeness (QED) is 0.802. The van der Waals surface area contributed by atoms with E-state index in [0.717, 1.165) is 0 Å². The lowest BCUT2D eigenvalue weighted by atomic mass is 10.2. The molecule has 1 amide bonds. The molecule has 4 nitrogen and oxygen atoms in total. The molecule has 0 aliphatic heterocycles. The van der Waals surface area contributed by atoms with Gasteiger partial charge in [0.15, 0.2) is 11.6 Å². The van der Waals surface area contributed by atoms with Gasteiger partial charge in [0.2, 0.25) is 5.91 Å². The van der Waals surface area contributed by atoms with Gasteiger partial charge in [-0.1, -0.05) is 6.07 Å². The maximum absolute atomic E-state index is 13.4. The molecule has 0 fully saturated rings. The topological polar surface area (TPSA) is 47.6 Å². The van der Waals surface area contributed by atoms with E-state index >= 15 is 0 Å². The van der Waals surface area contributed by atoms with Crippen molar-refractivity contribution in [2.45, 2.75) is 13.0 Å². The zero-order valence-electron chi connectivity index (χ0n) is 11.3. The minimum Gasteiger partial charge on any atom is -0.494 e. The van der Waals surface area contributed by atoms with E-state index in [9.17, 15) is 9.18 Å². The van der Waals surface area contributed by atoms with Gasteiger partial charge in [0.25, 0.3) is 0 Å². The molecule has 0 aliphatic carbocycles. The van der Waals surface area contributed by atoms with Crippen LogP contribution in [-0.4, -0.2) is 32.8 Å². The van der Waals surface area contributed by atoms with Crippen molar-refractivity contribution >= 4 is 12.0 Å². The Kier molecular flexibility index (Phi) is 6.02. The Morgan fingerprint density at radius 2 is 2.21 bits per heavy atom. The first kappa shape index (κ1) is 15.2. The van der Waals surface area contributed by atoms with Crippen molar-refractivity contribution in [3.63, 3.8) is 0 Å². The molecular formula is C14H18FNO3. The first-order chi connectivity index (χ1) is 9.06. The van der Waals surface area contributed by atoms with E-state index in [-0.39, 0.29) is 17.7 Å². The standard InChI is InChI=1S/C14H18FNO3/c1-10(9-18-2)16-14(17)7-5-11-4-6-13(19-3)12(15)8-11/h4-8,10H,9H2,1-3H3,(H,16,17)/b7-5+. The maximum atomic E-state index is 13.4. The molecule has 0 saturated heterocycles. The molecule has 1 atom stereocenters. The van der Waals surface area contributed by atoms with Crippen LogP contribution in [0.5, 0.6) is 5.75 Å². The van der Waals surface area contributed by atoms with Crippen molar-refractivity contribution in [1.82, 2.24) is 5.32 Å². The summed E-state index contributed by atoms with van der Waals surface area (Å²) in [4.78, 5) is 11.5. The van der Waals surface area contributed by atoms with E-state index in [1.165, 1.54) is 31.4 Å². The van der Waals surface area contributed by atoms with Crippen LogP contribution in [0.15, 0.2) is 24.3 Å². The molecule has 0 aliphatic rings. The molecule has 1 aromatic carbocycles. The van der Waals surface area contributed by atoms with Gasteiger partial charge in [0.05, 0.1) is 13.7 Å². The van der Waals surface area contributed by atoms with Crippen molar-refractivity contribution in [2.75, 3.05) is 20.8 Å². The van der Waals surface area contributed by atoms with Gasteiger partial charge in [-0.2, -0.15) is 0 Å². The van der Waals surface area contributed by atoms with Crippen molar-refractivity contribution in [1.29, 1.82) is 0 Å². The molecule has 0 radical (unpaired) electrons. The number of ether oxygens (including phenoxy) is 2. The lowest BCUT2D eigenvalue weighted by Gasteiger charge is -2.10. The average Bonchev–Trinajstić information content (AvgIpc) is 2.36. The van der Waals surface area contributed by atoms with E-state index in [2.05, 4.69) is 5.32 Å². The second-order valence-corrected chi connectivity index (χ2v) is 4.09. The largest absolute Gasteiger partial charge is 0.494 e. The van der Waals surface area contributed by atoms with Crippen LogP contribution in [0.25, 0.3) is 6.08 Å². The molecule has 1 unspecified atom stereocenters.